The lowest BCUT2D eigenvalue weighted by Crippen LogP contribution is -2.53. The van der Waals surface area contributed by atoms with Gasteiger partial charge in [-0.25, -0.2) is 4.79 Å². The normalized spacial score (nSPS) is 22.3. The van der Waals surface area contributed by atoms with Crippen molar-refractivity contribution in [3.05, 3.63) is 23.4 Å². The van der Waals surface area contributed by atoms with Crippen molar-refractivity contribution in [1.82, 2.24) is 4.90 Å². The number of carboxylic acids is 1. The van der Waals surface area contributed by atoms with Crippen molar-refractivity contribution in [3.8, 4) is 0 Å². The first kappa shape index (κ1) is 13.7. The van der Waals surface area contributed by atoms with Gasteiger partial charge in [0.2, 0.25) is 5.91 Å². The molecule has 0 radical (unpaired) electrons. The van der Waals surface area contributed by atoms with Crippen LogP contribution in [-0.2, 0) is 19.1 Å². The van der Waals surface area contributed by atoms with E-state index in [0.717, 1.165) is 0 Å². The summed E-state index contributed by atoms with van der Waals surface area (Å²) < 4.78 is 4.73. The second kappa shape index (κ2) is 5.48. The van der Waals surface area contributed by atoms with Crippen LogP contribution in [0.5, 0.6) is 0 Å². The minimum absolute atomic E-state index is 0.0408. The van der Waals surface area contributed by atoms with E-state index < -0.39 is 11.9 Å². The van der Waals surface area contributed by atoms with Crippen LogP contribution in [-0.4, -0.2) is 45.6 Å². The molecule has 1 N–H and O–H groups in total. The Hall–Kier alpha value is -1.76. The number of allylic oxidation sites excluding steroid dienone is 1. The molecule has 1 amide bonds. The Morgan fingerprint density at radius 3 is 2.89 bits per heavy atom. The number of carboxylic acid groups (broad SMARTS) is 1. The zero-order valence-electron chi connectivity index (χ0n) is 10.3. The largest absolute Gasteiger partial charge is 0.477 e. The van der Waals surface area contributed by atoms with E-state index in [9.17, 15) is 19.5 Å². The number of aliphatic carboxylic acids is 1. The molecule has 0 unspecified atom stereocenters. The number of carbonyl (C=O) groups is 3. The lowest BCUT2D eigenvalue weighted by molar-refractivity contribution is -0.146. The minimum Gasteiger partial charge on any atom is -0.477 e. The summed E-state index contributed by atoms with van der Waals surface area (Å²) >= 11 is 1.54. The maximum absolute atomic E-state index is 11.5. The predicted octanol–water partition coefficient (Wildman–Crippen LogP) is 0.750. The molecule has 0 aromatic heterocycles. The molecule has 0 saturated carbocycles. The SMILES string of the molecule is CC(=O)OC/C=C/C1=C(C(=O)O)N2C(=O)C[C@H]2SC1. The lowest BCUT2D eigenvalue weighted by Gasteiger charge is -2.43. The Labute approximate surface area is 114 Å². The number of esters is 1. The maximum atomic E-state index is 11.5. The van der Waals surface area contributed by atoms with E-state index in [1.165, 1.54) is 23.6 Å². The van der Waals surface area contributed by atoms with Crippen LogP contribution >= 0.6 is 11.8 Å². The highest BCUT2D eigenvalue weighted by Crippen LogP contribution is 2.40. The second-order valence-electron chi connectivity index (χ2n) is 4.12. The highest BCUT2D eigenvalue weighted by molar-refractivity contribution is 8.00. The summed E-state index contributed by atoms with van der Waals surface area (Å²) in [6.07, 6.45) is 3.57. The summed E-state index contributed by atoms with van der Waals surface area (Å²) in [6.45, 7) is 1.39. The van der Waals surface area contributed by atoms with Crippen LogP contribution < -0.4 is 0 Å². The molecule has 0 spiro atoms. The second-order valence-corrected chi connectivity index (χ2v) is 5.28. The Morgan fingerprint density at radius 1 is 1.58 bits per heavy atom. The molecule has 1 saturated heterocycles. The van der Waals surface area contributed by atoms with Crippen LogP contribution in [0.1, 0.15) is 13.3 Å². The van der Waals surface area contributed by atoms with Crippen molar-refractivity contribution in [2.45, 2.75) is 18.7 Å². The fraction of sp³-hybridized carbons (Fsp3) is 0.417. The molecule has 0 aliphatic carbocycles. The van der Waals surface area contributed by atoms with Crippen molar-refractivity contribution >= 4 is 29.6 Å². The Morgan fingerprint density at radius 2 is 2.32 bits per heavy atom. The van der Waals surface area contributed by atoms with Gasteiger partial charge in [0.1, 0.15) is 12.3 Å². The van der Waals surface area contributed by atoms with Crippen molar-refractivity contribution in [1.29, 1.82) is 0 Å². The first-order valence-electron chi connectivity index (χ1n) is 5.70. The van der Waals surface area contributed by atoms with Crippen LogP contribution in [0.2, 0.25) is 0 Å². The number of amides is 1. The Kier molecular flexibility index (Phi) is 3.94. The zero-order valence-corrected chi connectivity index (χ0v) is 11.1. The Balaban J connectivity index is 2.15. The molecular weight excluding hydrogens is 270 g/mol. The summed E-state index contributed by atoms with van der Waals surface area (Å²) in [5.41, 5.74) is 0.605. The molecule has 2 rings (SSSR count). The van der Waals surface area contributed by atoms with E-state index in [1.54, 1.807) is 12.2 Å². The van der Waals surface area contributed by atoms with Crippen LogP contribution in [0.3, 0.4) is 0 Å². The third-order valence-corrected chi connectivity index (χ3v) is 4.03. The summed E-state index contributed by atoms with van der Waals surface area (Å²) in [4.78, 5) is 34.6. The number of rotatable bonds is 4. The van der Waals surface area contributed by atoms with Crippen LogP contribution in [0.25, 0.3) is 0 Å². The first-order valence-corrected chi connectivity index (χ1v) is 6.75. The number of ether oxygens (including phenoxy) is 1. The molecule has 0 aromatic carbocycles. The minimum atomic E-state index is -1.11. The van der Waals surface area contributed by atoms with E-state index in [1.807, 2.05) is 0 Å². The number of β-lactam (4-membered cyclic amide) rings is 1. The summed E-state index contributed by atoms with van der Waals surface area (Å²) in [7, 11) is 0. The average Bonchev–Trinajstić information content (AvgIpc) is 2.33. The van der Waals surface area contributed by atoms with Gasteiger partial charge in [0.25, 0.3) is 0 Å². The van der Waals surface area contributed by atoms with Gasteiger partial charge in [-0.05, 0) is 11.6 Å². The highest BCUT2D eigenvalue weighted by Gasteiger charge is 2.44. The van der Waals surface area contributed by atoms with Crippen LogP contribution in [0.4, 0.5) is 0 Å². The van der Waals surface area contributed by atoms with Gasteiger partial charge in [0.05, 0.1) is 11.8 Å². The molecule has 7 heteroatoms. The number of thioether (sulfide) groups is 1. The van der Waals surface area contributed by atoms with E-state index in [4.69, 9.17) is 4.74 Å². The van der Waals surface area contributed by atoms with Gasteiger partial charge in [0.15, 0.2) is 0 Å². The number of hydrogen-bond acceptors (Lipinski definition) is 5. The molecule has 2 heterocycles. The smallest absolute Gasteiger partial charge is 0.352 e. The third kappa shape index (κ3) is 2.81. The summed E-state index contributed by atoms with van der Waals surface area (Å²) in [6, 6.07) is 0. The van der Waals surface area contributed by atoms with Crippen molar-refractivity contribution < 1.29 is 24.2 Å². The fourth-order valence-electron chi connectivity index (χ4n) is 1.92. The van der Waals surface area contributed by atoms with Gasteiger partial charge in [-0.15, -0.1) is 11.8 Å². The number of fused-ring (bicyclic) bond motifs is 1. The van der Waals surface area contributed by atoms with E-state index >= 15 is 0 Å². The highest BCUT2D eigenvalue weighted by atomic mass is 32.2. The van der Waals surface area contributed by atoms with Gasteiger partial charge < -0.3 is 9.84 Å². The molecule has 2 aliphatic rings. The molecule has 1 atom stereocenters. The zero-order chi connectivity index (χ0) is 14.0. The van der Waals surface area contributed by atoms with Crippen molar-refractivity contribution in [2.24, 2.45) is 0 Å². The summed E-state index contributed by atoms with van der Waals surface area (Å²) in [5.74, 6) is -1.13. The molecule has 2 aliphatic heterocycles. The number of carbonyl (C=O) groups excluding carboxylic acids is 2. The first-order chi connectivity index (χ1) is 9.00. The fourth-order valence-corrected chi connectivity index (χ4v) is 3.16. The molecule has 19 heavy (non-hydrogen) atoms. The monoisotopic (exact) mass is 283 g/mol. The maximum Gasteiger partial charge on any atom is 0.352 e. The van der Waals surface area contributed by atoms with Crippen LogP contribution in [0.15, 0.2) is 23.4 Å². The average molecular weight is 283 g/mol. The van der Waals surface area contributed by atoms with E-state index in [0.29, 0.717) is 17.7 Å². The van der Waals surface area contributed by atoms with Crippen molar-refractivity contribution in [2.75, 3.05) is 12.4 Å². The molecule has 102 valence electrons. The standard InChI is InChI=1S/C12H13NO5S/c1-7(14)18-4-2-3-8-6-19-10-5-9(15)13(10)11(8)12(16)17/h2-3,10H,4-6H2,1H3,(H,16,17)/b3-2+/t10-/m1/s1. The van der Waals surface area contributed by atoms with Gasteiger partial charge in [-0.2, -0.15) is 0 Å². The molecule has 1 fully saturated rings. The van der Waals surface area contributed by atoms with Gasteiger partial charge >= 0.3 is 11.9 Å². The molecule has 0 aromatic rings. The number of hydrogen-bond donors (Lipinski definition) is 1. The molecule has 6 nitrogen and oxygen atoms in total. The van der Waals surface area contributed by atoms with Gasteiger partial charge in [-0.1, -0.05) is 6.08 Å². The van der Waals surface area contributed by atoms with Crippen molar-refractivity contribution in [3.63, 3.8) is 0 Å². The van der Waals surface area contributed by atoms with Gasteiger partial charge in [-0.3, -0.25) is 14.5 Å². The van der Waals surface area contributed by atoms with E-state index in [-0.39, 0.29) is 23.6 Å². The predicted molar refractivity (Wildman–Crippen MR) is 68.1 cm³/mol. The quantitative estimate of drug-likeness (QED) is 0.605. The topological polar surface area (TPSA) is 83.9 Å². The Bertz CT molecular complexity index is 496. The lowest BCUT2D eigenvalue weighted by atomic mass is 10.1. The van der Waals surface area contributed by atoms with Gasteiger partial charge in [0, 0.05) is 12.7 Å². The number of nitrogens with zero attached hydrogens (tertiary/aromatic N) is 1. The van der Waals surface area contributed by atoms with E-state index in [2.05, 4.69) is 0 Å². The third-order valence-electron chi connectivity index (χ3n) is 2.79. The van der Waals surface area contributed by atoms with Crippen LogP contribution in [0, 0.1) is 0 Å². The molecular formula is C12H13NO5S. The summed E-state index contributed by atoms with van der Waals surface area (Å²) in [5, 5.41) is 9.16. The molecule has 0 bridgehead atoms.